The molecular formula is C17H17N3O. The van der Waals surface area contributed by atoms with Gasteiger partial charge >= 0.3 is 0 Å². The summed E-state index contributed by atoms with van der Waals surface area (Å²) in [7, 11) is 0. The lowest BCUT2D eigenvalue weighted by Gasteiger charge is -2.12. The SMILES string of the molecule is C=CCc1cc(N)ccc1Oc1nc(C)cc(C)c1C#N. The van der Waals surface area contributed by atoms with Gasteiger partial charge in [-0.25, -0.2) is 4.98 Å². The number of nitriles is 1. The van der Waals surface area contributed by atoms with Gasteiger partial charge in [0.05, 0.1) is 0 Å². The Morgan fingerprint density at radius 2 is 2.14 bits per heavy atom. The Morgan fingerprint density at radius 3 is 2.81 bits per heavy atom. The maximum absolute atomic E-state index is 9.28. The number of hydrogen-bond acceptors (Lipinski definition) is 4. The van der Waals surface area contributed by atoms with Crippen molar-refractivity contribution < 1.29 is 4.74 Å². The van der Waals surface area contributed by atoms with Gasteiger partial charge in [-0.05, 0) is 50.1 Å². The monoisotopic (exact) mass is 279 g/mol. The van der Waals surface area contributed by atoms with Crippen LogP contribution in [-0.4, -0.2) is 4.98 Å². The Balaban J connectivity index is 2.48. The number of hydrogen-bond donors (Lipinski definition) is 1. The summed E-state index contributed by atoms with van der Waals surface area (Å²) in [6.45, 7) is 7.47. The zero-order valence-electron chi connectivity index (χ0n) is 12.2. The molecule has 0 radical (unpaired) electrons. The second-order valence-corrected chi connectivity index (χ2v) is 4.83. The molecule has 0 aliphatic rings. The van der Waals surface area contributed by atoms with Gasteiger partial charge < -0.3 is 10.5 Å². The van der Waals surface area contributed by atoms with Crippen molar-refractivity contribution in [1.82, 2.24) is 4.98 Å². The molecule has 0 saturated carbocycles. The third-order valence-corrected chi connectivity index (χ3v) is 3.08. The summed E-state index contributed by atoms with van der Waals surface area (Å²) in [5.41, 5.74) is 9.47. The summed E-state index contributed by atoms with van der Waals surface area (Å²) in [6, 6.07) is 9.39. The lowest BCUT2D eigenvalue weighted by atomic mass is 10.1. The maximum Gasteiger partial charge on any atom is 0.237 e. The molecule has 0 aliphatic carbocycles. The number of nitrogens with two attached hydrogens (primary N) is 1. The van der Waals surface area contributed by atoms with E-state index in [1.54, 1.807) is 18.2 Å². The van der Waals surface area contributed by atoms with Crippen molar-refractivity contribution in [3.05, 3.63) is 59.3 Å². The Bertz CT molecular complexity index is 730. The van der Waals surface area contributed by atoms with Crippen molar-refractivity contribution in [3.8, 4) is 17.7 Å². The van der Waals surface area contributed by atoms with Gasteiger partial charge in [0.15, 0.2) is 0 Å². The summed E-state index contributed by atoms with van der Waals surface area (Å²) < 4.78 is 5.86. The van der Waals surface area contributed by atoms with E-state index in [4.69, 9.17) is 10.5 Å². The number of rotatable bonds is 4. The summed E-state index contributed by atoms with van der Waals surface area (Å²) >= 11 is 0. The Morgan fingerprint density at radius 1 is 1.38 bits per heavy atom. The zero-order valence-corrected chi connectivity index (χ0v) is 12.2. The molecule has 21 heavy (non-hydrogen) atoms. The molecule has 0 fully saturated rings. The smallest absolute Gasteiger partial charge is 0.237 e. The number of aromatic nitrogens is 1. The molecule has 4 nitrogen and oxygen atoms in total. The first-order chi connectivity index (χ1) is 10.0. The molecule has 0 unspecified atom stereocenters. The second kappa shape index (κ2) is 6.10. The van der Waals surface area contributed by atoms with Crippen LogP contribution >= 0.6 is 0 Å². The van der Waals surface area contributed by atoms with Crippen LogP contribution in [0.25, 0.3) is 0 Å². The third-order valence-electron chi connectivity index (χ3n) is 3.08. The highest BCUT2D eigenvalue weighted by Crippen LogP contribution is 2.30. The van der Waals surface area contributed by atoms with Gasteiger partial charge in [-0.2, -0.15) is 5.26 Å². The van der Waals surface area contributed by atoms with Crippen LogP contribution in [0.5, 0.6) is 11.6 Å². The molecule has 0 atom stereocenters. The lowest BCUT2D eigenvalue weighted by Crippen LogP contribution is -1.99. The molecule has 2 rings (SSSR count). The summed E-state index contributed by atoms with van der Waals surface area (Å²) in [5, 5.41) is 9.28. The highest BCUT2D eigenvalue weighted by Gasteiger charge is 2.13. The van der Waals surface area contributed by atoms with E-state index in [1.807, 2.05) is 26.0 Å². The van der Waals surface area contributed by atoms with Crippen LogP contribution in [0.4, 0.5) is 5.69 Å². The van der Waals surface area contributed by atoms with Crippen LogP contribution < -0.4 is 10.5 Å². The van der Waals surface area contributed by atoms with E-state index >= 15 is 0 Å². The minimum Gasteiger partial charge on any atom is -0.437 e. The molecule has 1 aromatic carbocycles. The van der Waals surface area contributed by atoms with Crippen LogP contribution in [0.2, 0.25) is 0 Å². The molecule has 2 N–H and O–H groups in total. The van der Waals surface area contributed by atoms with Gasteiger partial charge in [0.1, 0.15) is 17.4 Å². The standard InChI is InChI=1S/C17H17N3O/c1-4-5-13-9-14(19)6-7-16(13)21-17-15(10-18)11(2)8-12(3)20-17/h4,6-9H,1,5,19H2,2-3H3. The number of allylic oxidation sites excluding steroid dienone is 1. The van der Waals surface area contributed by atoms with E-state index in [0.717, 1.165) is 16.8 Å². The summed E-state index contributed by atoms with van der Waals surface area (Å²) in [6.07, 6.45) is 2.41. The van der Waals surface area contributed by atoms with Crippen molar-refractivity contribution in [2.45, 2.75) is 20.3 Å². The van der Waals surface area contributed by atoms with Crippen molar-refractivity contribution >= 4 is 5.69 Å². The first-order valence-corrected chi connectivity index (χ1v) is 6.60. The van der Waals surface area contributed by atoms with E-state index in [0.29, 0.717) is 29.3 Å². The number of aryl methyl sites for hydroxylation is 2. The van der Waals surface area contributed by atoms with Crippen molar-refractivity contribution in [1.29, 1.82) is 5.26 Å². The average molecular weight is 279 g/mol. The average Bonchev–Trinajstić information content (AvgIpc) is 2.42. The van der Waals surface area contributed by atoms with Gasteiger partial charge in [-0.1, -0.05) is 6.08 Å². The van der Waals surface area contributed by atoms with Crippen LogP contribution in [0.1, 0.15) is 22.4 Å². The number of nitrogens with zero attached hydrogens (tertiary/aromatic N) is 2. The van der Waals surface area contributed by atoms with Gasteiger partial charge in [-0.3, -0.25) is 0 Å². The molecular weight excluding hydrogens is 262 g/mol. The summed E-state index contributed by atoms with van der Waals surface area (Å²) in [5.74, 6) is 0.961. The van der Waals surface area contributed by atoms with Crippen LogP contribution in [0.3, 0.4) is 0 Å². The fourth-order valence-corrected chi connectivity index (χ4v) is 2.13. The fourth-order valence-electron chi connectivity index (χ4n) is 2.13. The van der Waals surface area contributed by atoms with Crippen molar-refractivity contribution in [2.75, 3.05) is 5.73 Å². The van der Waals surface area contributed by atoms with Crippen molar-refractivity contribution in [2.24, 2.45) is 0 Å². The number of nitrogen functional groups attached to an aromatic ring is 1. The maximum atomic E-state index is 9.28. The van der Waals surface area contributed by atoms with Crippen LogP contribution in [0, 0.1) is 25.2 Å². The van der Waals surface area contributed by atoms with Gasteiger partial charge in [0.25, 0.3) is 0 Å². The quantitative estimate of drug-likeness (QED) is 0.684. The van der Waals surface area contributed by atoms with E-state index in [1.165, 1.54) is 0 Å². The van der Waals surface area contributed by atoms with E-state index in [9.17, 15) is 5.26 Å². The first-order valence-electron chi connectivity index (χ1n) is 6.60. The molecule has 106 valence electrons. The largest absolute Gasteiger partial charge is 0.437 e. The zero-order chi connectivity index (χ0) is 15.4. The highest BCUT2D eigenvalue weighted by atomic mass is 16.5. The highest BCUT2D eigenvalue weighted by molar-refractivity contribution is 5.52. The van der Waals surface area contributed by atoms with Crippen molar-refractivity contribution in [3.63, 3.8) is 0 Å². The predicted octanol–water partition coefficient (Wildman–Crippen LogP) is 3.67. The minimum absolute atomic E-state index is 0.324. The Hall–Kier alpha value is -2.80. The van der Waals surface area contributed by atoms with E-state index in [-0.39, 0.29) is 0 Å². The molecule has 1 aromatic heterocycles. The third kappa shape index (κ3) is 3.21. The van der Waals surface area contributed by atoms with Gasteiger partial charge in [-0.15, -0.1) is 6.58 Å². The molecule has 4 heteroatoms. The second-order valence-electron chi connectivity index (χ2n) is 4.83. The molecule has 0 saturated heterocycles. The molecule has 1 heterocycles. The molecule has 0 aliphatic heterocycles. The molecule has 2 aromatic rings. The Labute approximate surface area is 124 Å². The first kappa shape index (κ1) is 14.6. The van der Waals surface area contributed by atoms with Gasteiger partial charge in [0.2, 0.25) is 5.88 Å². The fraction of sp³-hybridized carbons (Fsp3) is 0.176. The van der Waals surface area contributed by atoms with E-state index in [2.05, 4.69) is 17.6 Å². The van der Waals surface area contributed by atoms with Gasteiger partial charge in [0, 0.05) is 16.9 Å². The molecule has 0 amide bonds. The van der Waals surface area contributed by atoms with Crippen LogP contribution in [0.15, 0.2) is 36.9 Å². The molecule has 0 spiro atoms. The summed E-state index contributed by atoms with van der Waals surface area (Å²) in [4.78, 5) is 4.32. The topological polar surface area (TPSA) is 71.9 Å². The minimum atomic E-state index is 0.324. The number of anilines is 1. The number of ether oxygens (including phenoxy) is 1. The Kier molecular flexibility index (Phi) is 4.24. The normalized spacial score (nSPS) is 9.95. The number of benzene rings is 1. The predicted molar refractivity (Wildman–Crippen MR) is 83.3 cm³/mol. The lowest BCUT2D eigenvalue weighted by molar-refractivity contribution is 0.455. The van der Waals surface area contributed by atoms with E-state index < -0.39 is 0 Å². The molecule has 0 bridgehead atoms. The number of pyridine rings is 1. The van der Waals surface area contributed by atoms with Crippen LogP contribution in [-0.2, 0) is 6.42 Å².